The molecule has 0 saturated heterocycles. The zero-order valence-corrected chi connectivity index (χ0v) is 41.7. The van der Waals surface area contributed by atoms with Gasteiger partial charge in [-0.2, -0.15) is 0 Å². The van der Waals surface area contributed by atoms with E-state index in [4.69, 9.17) is 28.9 Å². The van der Waals surface area contributed by atoms with Crippen LogP contribution < -0.4 is 61.3 Å². The van der Waals surface area contributed by atoms with Crippen LogP contribution in [0, 0.1) is 0 Å². The number of carbonyl (C=O) groups excluding carboxylic acids is 12. The topological polar surface area (TPSA) is 614 Å². The molecule has 0 heterocycles. The van der Waals surface area contributed by atoms with Crippen molar-refractivity contribution in [1.82, 2.24) is 0 Å². The van der Waals surface area contributed by atoms with E-state index in [9.17, 15) is 119 Å². The second kappa shape index (κ2) is 43.1. The Balaban J connectivity index is -0.0000000670. The molecule has 0 amide bonds. The first-order valence-corrected chi connectivity index (χ1v) is 16.1. The van der Waals surface area contributed by atoms with Gasteiger partial charge in [-0.3, -0.25) is 0 Å². The molecule has 0 aliphatic rings. The van der Waals surface area contributed by atoms with Crippen molar-refractivity contribution < 1.29 is 222 Å². The van der Waals surface area contributed by atoms with Crippen LogP contribution in [0.15, 0.2) is 0 Å². The first-order chi connectivity index (χ1) is 26.1. The average molecular weight is 1150 g/mol. The summed E-state index contributed by atoms with van der Waals surface area (Å²) >= 11 is 0.900. The van der Waals surface area contributed by atoms with Crippen molar-refractivity contribution >= 4 is 141 Å². The van der Waals surface area contributed by atoms with Crippen molar-refractivity contribution in [2.45, 2.75) is 73.8 Å². The zero-order valence-electron chi connectivity index (χ0n) is 30.1. The Labute approximate surface area is 431 Å². The van der Waals surface area contributed by atoms with Gasteiger partial charge in [0.25, 0.3) is 0 Å². The van der Waals surface area contributed by atoms with Gasteiger partial charge in [0, 0.05) is 99.1 Å². The maximum atomic E-state index is 10.1. The maximum absolute atomic E-state index is 10.1. The Morgan fingerprint density at radius 2 is 0.328 bits per heavy atom. The minimum absolute atomic E-state index is 0. The summed E-state index contributed by atoms with van der Waals surface area (Å²) in [5.74, 6) is -23.9. The van der Waals surface area contributed by atoms with Crippen molar-refractivity contribution in [1.29, 1.82) is 0 Å². The van der Waals surface area contributed by atoms with E-state index < -0.39 is 145 Å². The van der Waals surface area contributed by atoms with Crippen LogP contribution in [0.3, 0.4) is 0 Å². The van der Waals surface area contributed by atoms with Crippen LogP contribution in [0.5, 0.6) is 0 Å². The predicted molar refractivity (Wildman–Crippen MR) is 136 cm³/mol. The molecule has 0 fully saturated rings. The number of rotatable bonds is 20. The van der Waals surface area contributed by atoms with Crippen LogP contribution in [0.25, 0.3) is 0 Å². The van der Waals surface area contributed by atoms with Crippen LogP contribution in [-0.4, -0.2) is 184 Å². The third-order valence-electron chi connectivity index (χ3n) is 5.01. The quantitative estimate of drug-likeness (QED) is 0.0822. The summed E-state index contributed by atoms with van der Waals surface area (Å²) < 4.78 is 25.0. The first kappa shape index (κ1) is 82.5. The number of aliphatic carboxylic acids is 12. The van der Waals surface area contributed by atoms with Gasteiger partial charge in [0.15, 0.2) is 0 Å². The van der Waals surface area contributed by atoms with E-state index >= 15 is 0 Å². The molecule has 320 valence electrons. The number of carboxylic acids is 12. The molecule has 0 bridgehead atoms. The molecule has 0 aromatic heterocycles. The zero-order chi connectivity index (χ0) is 48.6. The fraction of sp³-hybridized carbons (Fsp3) is 0.500. The normalized spacial score (nSPS) is 9.54. The predicted octanol–water partition coefficient (Wildman–Crippen LogP) is -22.5. The van der Waals surface area contributed by atoms with Crippen LogP contribution in [0.1, 0.15) is 51.4 Å². The molecule has 0 spiro atoms. The van der Waals surface area contributed by atoms with Gasteiger partial charge in [0.1, 0.15) is 22.4 Å². The van der Waals surface area contributed by atoms with Gasteiger partial charge in [-0.15, -0.1) is 0 Å². The molecule has 0 saturated carbocycles. The van der Waals surface area contributed by atoms with Crippen LogP contribution in [0.2, 0.25) is 0 Å². The number of carbonyl (C=O) groups is 12. The van der Waals surface area contributed by atoms with E-state index in [0.29, 0.717) is 74.2 Å². The van der Waals surface area contributed by atoms with Crippen molar-refractivity contribution in [3.8, 4) is 0 Å². The van der Waals surface area contributed by atoms with Crippen LogP contribution in [0.4, 0.5) is 0 Å². The summed E-state index contributed by atoms with van der Waals surface area (Å²) in [5.41, 5.74) is -11.9. The number of carboxylic acid groups (broad SMARTS) is 12. The molecule has 0 aliphatic heterocycles. The second-order valence-electron chi connectivity index (χ2n) is 9.67. The molecule has 0 rings (SSSR count). The molecule has 4 N–H and O–H groups in total. The molecular formula is C24H20Mg3O31Zr3. The Bertz CT molecular complexity index is 1200. The van der Waals surface area contributed by atoms with E-state index in [1.807, 2.05) is 0 Å². The van der Waals surface area contributed by atoms with E-state index in [0.717, 1.165) is 0 Å². The van der Waals surface area contributed by atoms with Crippen molar-refractivity contribution in [2.75, 3.05) is 0 Å². The molecule has 61 heavy (non-hydrogen) atoms. The van der Waals surface area contributed by atoms with Gasteiger partial charge < -0.3 is 139 Å². The summed E-state index contributed by atoms with van der Waals surface area (Å²) in [4.78, 5) is 120. The van der Waals surface area contributed by atoms with Crippen LogP contribution in [-0.2, 0) is 140 Å². The molecule has 0 aromatic carbocycles. The van der Waals surface area contributed by atoms with Gasteiger partial charge in [-0.1, -0.05) is 0 Å². The molecule has 0 unspecified atom stereocenters. The van der Waals surface area contributed by atoms with Crippen molar-refractivity contribution in [3.63, 3.8) is 0 Å². The van der Waals surface area contributed by atoms with Crippen LogP contribution >= 0.6 is 0 Å². The van der Waals surface area contributed by atoms with E-state index in [1.54, 1.807) is 0 Å². The fourth-order valence-corrected chi connectivity index (χ4v) is 2.74. The Morgan fingerprint density at radius 1 is 0.262 bits per heavy atom. The third kappa shape index (κ3) is 47.1. The fourth-order valence-electron chi connectivity index (χ4n) is 2.74. The average Bonchev–Trinajstić information content (AvgIpc) is 3.01. The first-order valence-electron chi connectivity index (χ1n) is 13.1. The number of aliphatic hydroxyl groups is 4. The third-order valence-corrected chi connectivity index (χ3v) is 5.01. The molecule has 0 aromatic rings. The number of hydrogen-bond donors (Lipinski definition) is 4. The number of hydrogen-bond acceptors (Lipinski definition) is 31. The standard InChI is InChI=1S/4C6H8O7.3Mg.3O.3Zr/c4*7-3(8)1-6(13,5(11)12)2-4(9)10;;;;;;;;;/h4*13H,1-2H2,(H,7,8)(H,9,10)(H,11,12);;;;;;;;;/q;;;;3*+2;;;;3*+2/p-12. The summed E-state index contributed by atoms with van der Waals surface area (Å²) in [7, 11) is 0. The van der Waals surface area contributed by atoms with Crippen molar-refractivity contribution in [2.24, 2.45) is 0 Å². The molecular weight excluding hydrogens is 1130 g/mol. The minimum atomic E-state index is -2.97. The van der Waals surface area contributed by atoms with Gasteiger partial charge >= 0.3 is 152 Å². The van der Waals surface area contributed by atoms with Gasteiger partial charge in [-0.05, 0) is 0 Å². The van der Waals surface area contributed by atoms with Gasteiger partial charge in [0.2, 0.25) is 0 Å². The van der Waals surface area contributed by atoms with E-state index in [2.05, 4.69) is 0 Å². The monoisotopic (exact) mass is 1150 g/mol. The SMILES string of the molecule is O=C([O-])CC(O)(CC(=O)[O-])C(=O)[O-].O=C([O-])CC(O)(CC(=O)[O-])C(=O)[O-].O=C([O-])CC(O)(CC(=O)[O-])C(=O)[O-].O=C([O-])CC(O)(CC(=O)[O-])C(=O)[O-].[Mg+2].[Mg+2].[Mg+2].[O]=[Zr+2].[O]=[Zr+2].[O]=[Zr+2]. The molecule has 0 atom stereocenters. The van der Waals surface area contributed by atoms with E-state index in [1.165, 1.54) is 0 Å². The molecule has 31 nitrogen and oxygen atoms in total. The van der Waals surface area contributed by atoms with E-state index in [-0.39, 0.29) is 69.2 Å². The summed E-state index contributed by atoms with van der Waals surface area (Å²) in [6.45, 7) is 0. The summed E-state index contributed by atoms with van der Waals surface area (Å²) in [5, 5.41) is 156. The summed E-state index contributed by atoms with van der Waals surface area (Å²) in [6.07, 6.45) is -10.9. The van der Waals surface area contributed by atoms with Gasteiger partial charge in [-0.25, -0.2) is 0 Å². The summed E-state index contributed by atoms with van der Waals surface area (Å²) in [6, 6.07) is 0. The second-order valence-corrected chi connectivity index (χ2v) is 9.67. The van der Waals surface area contributed by atoms with Crippen molar-refractivity contribution in [3.05, 3.63) is 0 Å². The molecule has 0 radical (unpaired) electrons. The molecule has 37 heteroatoms. The van der Waals surface area contributed by atoms with Gasteiger partial charge in [0.05, 0.1) is 23.9 Å². The molecule has 0 aliphatic carbocycles. The Morgan fingerprint density at radius 3 is 0.361 bits per heavy atom. The Kier molecular flexibility index (Phi) is 58.3. The Hall–Kier alpha value is -2.17.